The molecule has 0 spiro atoms. The van der Waals surface area contributed by atoms with Gasteiger partial charge < -0.3 is 5.11 Å². The molecule has 5 nitrogen and oxygen atoms in total. The summed E-state index contributed by atoms with van der Waals surface area (Å²) in [6.07, 6.45) is 8.36. The lowest BCUT2D eigenvalue weighted by Gasteiger charge is -2.45. The molecule has 0 bridgehead atoms. The molecule has 0 aromatic carbocycles. The van der Waals surface area contributed by atoms with E-state index in [1.165, 1.54) is 0 Å². The molecule has 3 rings (SSSR count). The van der Waals surface area contributed by atoms with Crippen LogP contribution in [0.5, 0.6) is 0 Å². The average Bonchev–Trinajstić information content (AvgIpc) is 2.75. The molecular weight excluding hydrogens is 288 g/mol. The number of fused-ring (bicyclic) bond motifs is 1. The highest BCUT2D eigenvalue weighted by atomic mass is 32.2. The Hall–Kier alpha value is -0.170. The third kappa shape index (κ3) is 3.28. The van der Waals surface area contributed by atoms with Crippen LogP contribution < -0.4 is 0 Å². The first-order valence-corrected chi connectivity index (χ1v) is 9.94. The van der Waals surface area contributed by atoms with Gasteiger partial charge in [-0.15, -0.1) is 0 Å². The van der Waals surface area contributed by atoms with E-state index in [0.29, 0.717) is 25.6 Å². The molecule has 3 atom stereocenters. The molecule has 0 aromatic rings. The fraction of sp³-hybridized carbons (Fsp3) is 1.00. The van der Waals surface area contributed by atoms with E-state index in [1.807, 2.05) is 0 Å². The van der Waals surface area contributed by atoms with Gasteiger partial charge in [-0.3, -0.25) is 0 Å². The van der Waals surface area contributed by atoms with Gasteiger partial charge in [0.1, 0.15) is 0 Å². The molecule has 1 aliphatic carbocycles. The summed E-state index contributed by atoms with van der Waals surface area (Å²) in [5, 5.41) is 9.84. The first-order chi connectivity index (χ1) is 10.1. The van der Waals surface area contributed by atoms with Crippen LogP contribution in [0, 0.1) is 5.92 Å². The maximum atomic E-state index is 13.0. The van der Waals surface area contributed by atoms with Crippen LogP contribution >= 0.6 is 0 Å². The quantitative estimate of drug-likeness (QED) is 0.844. The Balaban J connectivity index is 1.77. The van der Waals surface area contributed by atoms with E-state index in [0.717, 1.165) is 57.8 Å². The number of aliphatic hydroxyl groups is 1. The SMILES string of the molecule is O=S(=O)(N1CCCCCC1)N1CCCC2CC(O)CCC21. The lowest BCUT2D eigenvalue weighted by molar-refractivity contribution is 0.0362. The second-order valence-corrected chi connectivity index (χ2v) is 8.75. The summed E-state index contributed by atoms with van der Waals surface area (Å²) in [6.45, 7) is 2.02. The first-order valence-electron chi connectivity index (χ1n) is 8.54. The third-order valence-corrected chi connectivity index (χ3v) is 7.49. The van der Waals surface area contributed by atoms with Crippen LogP contribution in [-0.2, 0) is 10.2 Å². The number of hydrogen-bond donors (Lipinski definition) is 1. The van der Waals surface area contributed by atoms with Crippen molar-refractivity contribution in [2.24, 2.45) is 5.92 Å². The third-order valence-electron chi connectivity index (χ3n) is 5.43. The topological polar surface area (TPSA) is 60.9 Å². The lowest BCUT2D eigenvalue weighted by atomic mass is 9.78. The Morgan fingerprint density at radius 3 is 2.29 bits per heavy atom. The maximum absolute atomic E-state index is 13.0. The van der Waals surface area contributed by atoms with Crippen molar-refractivity contribution >= 4 is 10.2 Å². The summed E-state index contributed by atoms with van der Waals surface area (Å²) < 4.78 is 29.5. The van der Waals surface area contributed by atoms with E-state index in [-0.39, 0.29) is 12.1 Å². The standard InChI is InChI=1S/C15H28N2O3S/c18-14-7-8-15-13(12-14)6-5-11-17(15)21(19,20)16-9-3-1-2-4-10-16/h13-15,18H,1-12H2. The zero-order valence-electron chi connectivity index (χ0n) is 12.8. The van der Waals surface area contributed by atoms with Gasteiger partial charge in [0, 0.05) is 25.7 Å². The highest BCUT2D eigenvalue weighted by Gasteiger charge is 2.43. The van der Waals surface area contributed by atoms with E-state index in [1.54, 1.807) is 8.61 Å². The zero-order chi connectivity index (χ0) is 14.9. The van der Waals surface area contributed by atoms with E-state index >= 15 is 0 Å². The number of hydrogen-bond acceptors (Lipinski definition) is 3. The summed E-state index contributed by atoms with van der Waals surface area (Å²) >= 11 is 0. The number of nitrogens with zero attached hydrogens (tertiary/aromatic N) is 2. The number of piperidine rings is 1. The van der Waals surface area contributed by atoms with Gasteiger partial charge in [0.15, 0.2) is 0 Å². The van der Waals surface area contributed by atoms with Gasteiger partial charge in [-0.05, 0) is 50.9 Å². The Kier molecular flexibility index (Phi) is 4.88. The largest absolute Gasteiger partial charge is 0.393 e. The van der Waals surface area contributed by atoms with E-state index in [4.69, 9.17) is 0 Å². The monoisotopic (exact) mass is 316 g/mol. The molecule has 1 N–H and O–H groups in total. The minimum atomic E-state index is -3.31. The van der Waals surface area contributed by atoms with Crippen LogP contribution in [0.15, 0.2) is 0 Å². The Morgan fingerprint density at radius 1 is 0.857 bits per heavy atom. The smallest absolute Gasteiger partial charge is 0.282 e. The molecule has 2 saturated heterocycles. The van der Waals surface area contributed by atoms with Crippen LogP contribution in [0.2, 0.25) is 0 Å². The molecular formula is C15H28N2O3S. The predicted molar refractivity (Wildman–Crippen MR) is 82.0 cm³/mol. The van der Waals surface area contributed by atoms with Crippen molar-refractivity contribution in [1.29, 1.82) is 0 Å². The zero-order valence-corrected chi connectivity index (χ0v) is 13.6. The van der Waals surface area contributed by atoms with Crippen LogP contribution in [-0.4, -0.2) is 53.9 Å². The highest BCUT2D eigenvalue weighted by molar-refractivity contribution is 7.86. The summed E-state index contributed by atoms with van der Waals surface area (Å²) in [5.74, 6) is 0.351. The van der Waals surface area contributed by atoms with Crippen molar-refractivity contribution in [2.45, 2.75) is 69.9 Å². The van der Waals surface area contributed by atoms with Gasteiger partial charge in [-0.1, -0.05) is 12.8 Å². The van der Waals surface area contributed by atoms with Crippen LogP contribution in [0.1, 0.15) is 57.8 Å². The second-order valence-electron chi connectivity index (χ2n) is 6.87. The van der Waals surface area contributed by atoms with Crippen LogP contribution in [0.4, 0.5) is 0 Å². The Bertz CT molecular complexity index is 446. The molecule has 122 valence electrons. The van der Waals surface area contributed by atoms with Gasteiger partial charge in [0.05, 0.1) is 6.10 Å². The van der Waals surface area contributed by atoms with Crippen molar-refractivity contribution in [3.63, 3.8) is 0 Å². The molecule has 21 heavy (non-hydrogen) atoms. The molecule has 2 heterocycles. The van der Waals surface area contributed by atoms with E-state index in [2.05, 4.69) is 0 Å². The number of aliphatic hydroxyl groups excluding tert-OH is 1. The fourth-order valence-corrected chi connectivity index (χ4v) is 6.29. The van der Waals surface area contributed by atoms with Gasteiger partial charge in [-0.25, -0.2) is 0 Å². The second kappa shape index (κ2) is 6.52. The van der Waals surface area contributed by atoms with Gasteiger partial charge in [-0.2, -0.15) is 17.0 Å². The molecule has 2 aliphatic heterocycles. The summed E-state index contributed by atoms with van der Waals surface area (Å²) in [6, 6.07) is 0.121. The average molecular weight is 316 g/mol. The van der Waals surface area contributed by atoms with Crippen LogP contribution in [0.3, 0.4) is 0 Å². The lowest BCUT2D eigenvalue weighted by Crippen LogP contribution is -2.55. The minimum absolute atomic E-state index is 0.121. The molecule has 0 amide bonds. The summed E-state index contributed by atoms with van der Waals surface area (Å²) in [5.41, 5.74) is 0. The van der Waals surface area contributed by atoms with Gasteiger partial charge >= 0.3 is 0 Å². The summed E-state index contributed by atoms with van der Waals surface area (Å²) in [7, 11) is -3.31. The number of rotatable bonds is 2. The van der Waals surface area contributed by atoms with E-state index in [9.17, 15) is 13.5 Å². The van der Waals surface area contributed by atoms with Gasteiger partial charge in [0.2, 0.25) is 0 Å². The van der Waals surface area contributed by atoms with Crippen molar-refractivity contribution < 1.29 is 13.5 Å². The fourth-order valence-electron chi connectivity index (χ4n) is 4.29. The molecule has 3 unspecified atom stereocenters. The molecule has 0 aromatic heterocycles. The van der Waals surface area contributed by atoms with Crippen molar-refractivity contribution in [2.75, 3.05) is 19.6 Å². The molecule has 0 radical (unpaired) electrons. The Labute approximate surface area is 128 Å². The maximum Gasteiger partial charge on any atom is 0.282 e. The molecule has 3 aliphatic rings. The van der Waals surface area contributed by atoms with Crippen LogP contribution in [0.25, 0.3) is 0 Å². The van der Waals surface area contributed by atoms with E-state index < -0.39 is 10.2 Å². The minimum Gasteiger partial charge on any atom is -0.393 e. The predicted octanol–water partition coefficient (Wildman–Crippen LogP) is 1.73. The Morgan fingerprint density at radius 2 is 1.57 bits per heavy atom. The summed E-state index contributed by atoms with van der Waals surface area (Å²) in [4.78, 5) is 0. The highest BCUT2D eigenvalue weighted by Crippen LogP contribution is 2.37. The van der Waals surface area contributed by atoms with Crippen molar-refractivity contribution in [3.05, 3.63) is 0 Å². The molecule has 6 heteroatoms. The molecule has 1 saturated carbocycles. The molecule has 3 fully saturated rings. The van der Waals surface area contributed by atoms with Crippen molar-refractivity contribution in [1.82, 2.24) is 8.61 Å². The first kappa shape index (κ1) is 15.7. The van der Waals surface area contributed by atoms with Gasteiger partial charge in [0.25, 0.3) is 10.2 Å². The normalized spacial score (nSPS) is 36.9. The van der Waals surface area contributed by atoms with Crippen molar-refractivity contribution in [3.8, 4) is 0 Å².